The number of non-ortho nitro benzene ring substituents is 1. The molecule has 0 radical (unpaired) electrons. The number of thiophene rings is 1. The molecular formula is C15H19N3O2S. The average Bonchev–Trinajstić information content (AvgIpc) is 2.97. The molecule has 1 unspecified atom stereocenters. The largest absolute Gasteiger partial charge is 0.311 e. The lowest BCUT2D eigenvalue weighted by molar-refractivity contribution is -0.384. The zero-order valence-electron chi connectivity index (χ0n) is 12.2. The monoisotopic (exact) mass is 305 g/mol. The average molecular weight is 305 g/mol. The summed E-state index contributed by atoms with van der Waals surface area (Å²) in [5, 5.41) is 16.2. The van der Waals surface area contributed by atoms with Crippen molar-refractivity contribution in [3.8, 4) is 0 Å². The van der Waals surface area contributed by atoms with Crippen molar-refractivity contribution >= 4 is 17.0 Å². The van der Waals surface area contributed by atoms with Crippen molar-refractivity contribution in [2.75, 3.05) is 20.6 Å². The Bertz CT molecular complexity index is 584. The van der Waals surface area contributed by atoms with Gasteiger partial charge in [0.2, 0.25) is 0 Å². The van der Waals surface area contributed by atoms with E-state index in [1.807, 2.05) is 6.07 Å². The molecule has 5 nitrogen and oxygen atoms in total. The highest BCUT2D eigenvalue weighted by molar-refractivity contribution is 7.10. The highest BCUT2D eigenvalue weighted by Crippen LogP contribution is 2.22. The Morgan fingerprint density at radius 1 is 1.33 bits per heavy atom. The Labute approximate surface area is 128 Å². The summed E-state index contributed by atoms with van der Waals surface area (Å²) in [7, 11) is 4.11. The predicted molar refractivity (Wildman–Crippen MR) is 85.6 cm³/mol. The van der Waals surface area contributed by atoms with Crippen LogP contribution in [0.15, 0.2) is 41.8 Å². The van der Waals surface area contributed by atoms with Crippen molar-refractivity contribution in [1.29, 1.82) is 0 Å². The molecule has 112 valence electrons. The number of nitro benzene ring substituents is 1. The van der Waals surface area contributed by atoms with Crippen LogP contribution < -0.4 is 5.32 Å². The number of hydrogen-bond acceptors (Lipinski definition) is 5. The van der Waals surface area contributed by atoms with Crippen LogP contribution in [0.4, 0.5) is 5.69 Å². The molecule has 0 spiro atoms. The minimum absolute atomic E-state index is 0.136. The lowest BCUT2D eigenvalue weighted by Crippen LogP contribution is -2.30. The maximum absolute atomic E-state index is 10.8. The standard InChI is InChI=1S/C15H19N3O2S/c1-17(2)14(15-7-4-8-21-15)11-16-10-12-5-3-6-13(9-12)18(19)20/h3-9,14,16H,10-11H2,1-2H3. The van der Waals surface area contributed by atoms with Gasteiger partial charge in [-0.1, -0.05) is 18.2 Å². The second-order valence-corrected chi connectivity index (χ2v) is 6.03. The first kappa shape index (κ1) is 15.6. The predicted octanol–water partition coefficient (Wildman–Crippen LogP) is 3.05. The highest BCUT2D eigenvalue weighted by Gasteiger charge is 2.14. The number of rotatable bonds is 7. The van der Waals surface area contributed by atoms with E-state index in [0.717, 1.165) is 12.1 Å². The Morgan fingerprint density at radius 2 is 2.14 bits per heavy atom. The van der Waals surface area contributed by atoms with Crippen molar-refractivity contribution in [2.45, 2.75) is 12.6 Å². The van der Waals surface area contributed by atoms with Gasteiger partial charge in [-0.2, -0.15) is 0 Å². The second-order valence-electron chi connectivity index (χ2n) is 5.05. The van der Waals surface area contributed by atoms with E-state index < -0.39 is 0 Å². The number of hydrogen-bond donors (Lipinski definition) is 1. The number of benzene rings is 1. The minimum Gasteiger partial charge on any atom is -0.311 e. The van der Waals surface area contributed by atoms with Crippen molar-refractivity contribution in [3.05, 3.63) is 62.3 Å². The molecule has 0 bridgehead atoms. The summed E-state index contributed by atoms with van der Waals surface area (Å²) < 4.78 is 0. The van der Waals surface area contributed by atoms with E-state index in [9.17, 15) is 10.1 Å². The molecule has 0 aliphatic rings. The molecular weight excluding hydrogens is 286 g/mol. The third-order valence-electron chi connectivity index (χ3n) is 3.28. The van der Waals surface area contributed by atoms with Gasteiger partial charge in [-0.15, -0.1) is 11.3 Å². The van der Waals surface area contributed by atoms with Crippen LogP contribution in [-0.4, -0.2) is 30.5 Å². The van der Waals surface area contributed by atoms with Gasteiger partial charge < -0.3 is 10.2 Å². The fourth-order valence-corrected chi connectivity index (χ4v) is 3.07. The minimum atomic E-state index is -0.363. The van der Waals surface area contributed by atoms with Crippen molar-refractivity contribution in [1.82, 2.24) is 10.2 Å². The van der Waals surface area contributed by atoms with E-state index in [2.05, 4.69) is 41.8 Å². The zero-order valence-corrected chi connectivity index (χ0v) is 13.0. The quantitative estimate of drug-likeness (QED) is 0.631. The maximum atomic E-state index is 10.8. The fraction of sp³-hybridized carbons (Fsp3) is 0.333. The molecule has 1 atom stereocenters. The highest BCUT2D eigenvalue weighted by atomic mass is 32.1. The summed E-state index contributed by atoms with van der Waals surface area (Å²) in [4.78, 5) is 13.9. The Balaban J connectivity index is 1.93. The van der Waals surface area contributed by atoms with E-state index in [4.69, 9.17) is 0 Å². The molecule has 1 heterocycles. The number of nitrogens with one attached hydrogen (secondary N) is 1. The van der Waals surface area contributed by atoms with Gasteiger partial charge in [0.25, 0.3) is 5.69 Å². The molecule has 6 heteroatoms. The third-order valence-corrected chi connectivity index (χ3v) is 4.26. The van der Waals surface area contributed by atoms with Crippen LogP contribution in [0.3, 0.4) is 0 Å². The SMILES string of the molecule is CN(C)C(CNCc1cccc([N+](=O)[O-])c1)c1cccs1. The van der Waals surface area contributed by atoms with Gasteiger partial charge in [0.1, 0.15) is 0 Å². The van der Waals surface area contributed by atoms with Gasteiger partial charge in [0.05, 0.1) is 11.0 Å². The summed E-state index contributed by atoms with van der Waals surface area (Å²) >= 11 is 1.74. The molecule has 2 aromatic rings. The topological polar surface area (TPSA) is 58.4 Å². The first-order chi connectivity index (χ1) is 10.1. The van der Waals surface area contributed by atoms with Crippen LogP contribution in [-0.2, 0) is 6.54 Å². The van der Waals surface area contributed by atoms with Crippen LogP contribution in [0.1, 0.15) is 16.5 Å². The van der Waals surface area contributed by atoms with Crippen molar-refractivity contribution < 1.29 is 4.92 Å². The maximum Gasteiger partial charge on any atom is 0.269 e. The normalized spacial score (nSPS) is 12.5. The van der Waals surface area contributed by atoms with Crippen molar-refractivity contribution in [3.63, 3.8) is 0 Å². The van der Waals surface area contributed by atoms with E-state index in [-0.39, 0.29) is 10.6 Å². The summed E-state index contributed by atoms with van der Waals surface area (Å²) in [6, 6.07) is 11.2. The van der Waals surface area contributed by atoms with Crippen LogP contribution >= 0.6 is 11.3 Å². The lowest BCUT2D eigenvalue weighted by Gasteiger charge is -2.23. The Morgan fingerprint density at radius 3 is 2.76 bits per heavy atom. The van der Waals surface area contributed by atoms with Gasteiger partial charge in [-0.3, -0.25) is 10.1 Å². The molecule has 0 amide bonds. The molecule has 1 aromatic heterocycles. The molecule has 1 N–H and O–H groups in total. The summed E-state index contributed by atoms with van der Waals surface area (Å²) in [6.07, 6.45) is 0. The smallest absolute Gasteiger partial charge is 0.269 e. The molecule has 0 aliphatic heterocycles. The summed E-state index contributed by atoms with van der Waals surface area (Å²) in [6.45, 7) is 1.42. The molecule has 21 heavy (non-hydrogen) atoms. The Kier molecular flexibility index (Phi) is 5.44. The third kappa shape index (κ3) is 4.35. The van der Waals surface area contributed by atoms with Crippen LogP contribution in [0.2, 0.25) is 0 Å². The molecule has 0 saturated heterocycles. The number of likely N-dealkylation sites (N-methyl/N-ethyl adjacent to an activating group) is 1. The van der Waals surface area contributed by atoms with Crippen molar-refractivity contribution in [2.24, 2.45) is 0 Å². The van der Waals surface area contributed by atoms with Crippen LogP contribution in [0.5, 0.6) is 0 Å². The second kappa shape index (κ2) is 7.31. The van der Waals surface area contributed by atoms with E-state index in [1.165, 1.54) is 10.9 Å². The van der Waals surface area contributed by atoms with E-state index in [0.29, 0.717) is 12.6 Å². The van der Waals surface area contributed by atoms with Gasteiger partial charge in [0.15, 0.2) is 0 Å². The van der Waals surface area contributed by atoms with E-state index in [1.54, 1.807) is 23.5 Å². The first-order valence-corrected chi connectivity index (χ1v) is 7.60. The number of nitro groups is 1. The summed E-state index contributed by atoms with van der Waals surface area (Å²) in [5.41, 5.74) is 1.06. The zero-order chi connectivity index (χ0) is 15.2. The Hall–Kier alpha value is -1.76. The van der Waals surface area contributed by atoms with Gasteiger partial charge in [0, 0.05) is 30.1 Å². The lowest BCUT2D eigenvalue weighted by atomic mass is 10.2. The fourth-order valence-electron chi connectivity index (χ4n) is 2.15. The van der Waals surface area contributed by atoms with E-state index >= 15 is 0 Å². The molecule has 0 fully saturated rings. The summed E-state index contributed by atoms with van der Waals surface area (Å²) in [5.74, 6) is 0. The van der Waals surface area contributed by atoms with Gasteiger partial charge in [-0.25, -0.2) is 0 Å². The van der Waals surface area contributed by atoms with Crippen LogP contribution in [0.25, 0.3) is 0 Å². The number of nitrogens with zero attached hydrogens (tertiary/aromatic N) is 2. The van der Waals surface area contributed by atoms with Gasteiger partial charge in [-0.05, 0) is 31.1 Å². The molecule has 2 rings (SSSR count). The van der Waals surface area contributed by atoms with Crippen LogP contribution in [0, 0.1) is 10.1 Å². The molecule has 0 saturated carbocycles. The van der Waals surface area contributed by atoms with Gasteiger partial charge >= 0.3 is 0 Å². The first-order valence-electron chi connectivity index (χ1n) is 6.72. The molecule has 0 aliphatic carbocycles. The molecule has 1 aromatic carbocycles.